The van der Waals surface area contributed by atoms with Gasteiger partial charge in [0.1, 0.15) is 11.1 Å². The second kappa shape index (κ2) is 4.50. The molecule has 6 nitrogen and oxygen atoms in total. The van der Waals surface area contributed by atoms with Gasteiger partial charge in [-0.1, -0.05) is 11.8 Å². The lowest BCUT2D eigenvalue weighted by atomic mass is 9.92. The molecule has 0 bridgehead atoms. The van der Waals surface area contributed by atoms with Gasteiger partial charge in [-0.25, -0.2) is 4.79 Å². The van der Waals surface area contributed by atoms with Gasteiger partial charge in [-0.2, -0.15) is 0 Å². The molecule has 0 radical (unpaired) electrons. The summed E-state index contributed by atoms with van der Waals surface area (Å²) in [7, 11) is 0. The van der Waals surface area contributed by atoms with Crippen LogP contribution in [0.1, 0.15) is 26.5 Å². The number of hydrogen-bond acceptors (Lipinski definition) is 5. The Morgan fingerprint density at radius 3 is 3.16 bits per heavy atom. The highest BCUT2D eigenvalue weighted by Crippen LogP contribution is 2.52. The SMILES string of the molecule is [2H]C([2H])([2H])C([2H])(O)[C@@]1([2H])C(=O)N2C(C(=O)O)=C([C@H]3CCCO3)S[C@@H]21. The topological polar surface area (TPSA) is 87.1 Å². The number of carboxylic acids is 1. The maximum absolute atomic E-state index is 12.4. The third-order valence-corrected chi connectivity index (χ3v) is 4.70. The number of β-lactam (4-membered cyclic amide) rings is 1. The minimum atomic E-state index is -3.36. The van der Waals surface area contributed by atoms with Crippen molar-refractivity contribution in [1.82, 2.24) is 4.90 Å². The number of rotatable bonds is 3. The standard InChI is InChI=1S/C12H15NO5S/c1-5(14)7-10(15)13-8(12(16)17)9(19-11(7)13)6-3-2-4-18-6/h5-7,11,14H,2-4H2,1H3,(H,16,17)/t5?,6-,7+,11-/m1/s1/i1D3,5D,7D. The molecular weight excluding hydrogens is 270 g/mol. The van der Waals surface area contributed by atoms with Gasteiger partial charge in [0.25, 0.3) is 0 Å². The molecule has 0 aromatic rings. The second-order valence-corrected chi connectivity index (χ2v) is 5.55. The molecule has 0 aromatic carbocycles. The number of hydrogen-bond donors (Lipinski definition) is 2. The lowest BCUT2D eigenvalue weighted by Gasteiger charge is -2.43. The molecule has 0 saturated carbocycles. The summed E-state index contributed by atoms with van der Waals surface area (Å²) in [6.07, 6.45) is -2.65. The fraction of sp³-hybridized carbons (Fsp3) is 0.667. The van der Waals surface area contributed by atoms with Crippen LogP contribution < -0.4 is 0 Å². The summed E-state index contributed by atoms with van der Waals surface area (Å²) in [6.45, 7) is -2.86. The summed E-state index contributed by atoms with van der Waals surface area (Å²) in [5.74, 6) is -5.29. The van der Waals surface area contributed by atoms with Crippen LogP contribution in [-0.4, -0.2) is 51.2 Å². The van der Waals surface area contributed by atoms with Gasteiger partial charge in [0.2, 0.25) is 5.91 Å². The van der Waals surface area contributed by atoms with Gasteiger partial charge in [0.15, 0.2) is 0 Å². The first-order chi connectivity index (χ1) is 10.9. The van der Waals surface area contributed by atoms with Gasteiger partial charge in [0, 0.05) is 17.0 Å². The first-order valence-corrected chi connectivity index (χ1v) is 6.64. The van der Waals surface area contributed by atoms with Crippen molar-refractivity contribution in [3.63, 3.8) is 0 Å². The largest absolute Gasteiger partial charge is 0.477 e. The number of aliphatic carboxylic acids is 1. The van der Waals surface area contributed by atoms with Gasteiger partial charge in [-0.3, -0.25) is 9.69 Å². The average Bonchev–Trinajstić information content (AvgIpc) is 3.10. The molecule has 2 fully saturated rings. The number of nitrogens with zero attached hydrogens (tertiary/aromatic N) is 1. The number of carbonyl (C=O) groups is 2. The third-order valence-electron chi connectivity index (χ3n) is 3.32. The molecule has 104 valence electrons. The van der Waals surface area contributed by atoms with Crippen LogP contribution in [0.25, 0.3) is 0 Å². The summed E-state index contributed by atoms with van der Waals surface area (Å²) < 4.78 is 43.1. The second-order valence-electron chi connectivity index (χ2n) is 4.43. The first-order valence-electron chi connectivity index (χ1n) is 8.26. The van der Waals surface area contributed by atoms with Crippen LogP contribution in [0, 0.1) is 5.89 Å². The van der Waals surface area contributed by atoms with Crippen molar-refractivity contribution < 1.29 is 31.4 Å². The highest BCUT2D eigenvalue weighted by molar-refractivity contribution is 8.04. The van der Waals surface area contributed by atoms with E-state index in [-0.39, 0.29) is 10.6 Å². The molecule has 3 aliphatic rings. The van der Waals surface area contributed by atoms with Crippen LogP contribution in [-0.2, 0) is 14.3 Å². The maximum atomic E-state index is 12.4. The quantitative estimate of drug-likeness (QED) is 0.730. The average molecular weight is 290 g/mol. The van der Waals surface area contributed by atoms with Gasteiger partial charge >= 0.3 is 5.97 Å². The normalized spacial score (nSPS) is 45.4. The summed E-state index contributed by atoms with van der Waals surface area (Å²) in [5.41, 5.74) is -0.355. The van der Waals surface area contributed by atoms with E-state index in [1.54, 1.807) is 0 Å². The van der Waals surface area contributed by atoms with E-state index in [1.165, 1.54) is 0 Å². The van der Waals surface area contributed by atoms with Crippen LogP contribution >= 0.6 is 11.8 Å². The van der Waals surface area contributed by atoms with Crippen LogP contribution in [0.5, 0.6) is 0 Å². The summed E-state index contributed by atoms with van der Waals surface area (Å²) in [6, 6.07) is 0. The van der Waals surface area contributed by atoms with Gasteiger partial charge in [-0.05, 0) is 19.7 Å². The molecule has 0 aliphatic carbocycles. The Kier molecular flexibility index (Phi) is 1.96. The molecule has 0 aromatic heterocycles. The Morgan fingerprint density at radius 1 is 1.79 bits per heavy atom. The number of amides is 1. The Balaban J connectivity index is 2.00. The predicted octanol–water partition coefficient (Wildman–Crippen LogP) is 0.374. The molecular formula is C12H15NO5S. The highest BCUT2D eigenvalue weighted by Gasteiger charge is 2.58. The lowest BCUT2D eigenvalue weighted by molar-refractivity contribution is -0.156. The molecule has 3 heterocycles. The van der Waals surface area contributed by atoms with Gasteiger partial charge < -0.3 is 14.9 Å². The zero-order valence-electron chi connectivity index (χ0n) is 14.8. The van der Waals surface area contributed by atoms with Crippen molar-refractivity contribution in [2.75, 3.05) is 6.61 Å². The molecule has 2 N–H and O–H groups in total. The fourth-order valence-corrected chi connectivity index (χ4v) is 3.98. The first kappa shape index (κ1) is 8.28. The van der Waals surface area contributed by atoms with E-state index in [0.717, 1.165) is 16.7 Å². The molecule has 3 aliphatic heterocycles. The minimum absolute atomic E-state index is 0.230. The summed E-state index contributed by atoms with van der Waals surface area (Å²) in [4.78, 5) is 25.0. The number of thioether (sulfide) groups is 1. The van der Waals surface area contributed by atoms with E-state index >= 15 is 0 Å². The van der Waals surface area contributed by atoms with E-state index in [9.17, 15) is 19.8 Å². The zero-order valence-corrected chi connectivity index (χ0v) is 10.6. The molecule has 1 amide bonds. The van der Waals surface area contributed by atoms with E-state index < -0.39 is 42.2 Å². The van der Waals surface area contributed by atoms with Crippen molar-refractivity contribution in [1.29, 1.82) is 0 Å². The third kappa shape index (κ3) is 1.79. The van der Waals surface area contributed by atoms with E-state index in [4.69, 9.17) is 11.6 Å². The number of carboxylic acid groups (broad SMARTS) is 1. The van der Waals surface area contributed by atoms with E-state index in [1.807, 2.05) is 0 Å². The minimum Gasteiger partial charge on any atom is -0.477 e. The van der Waals surface area contributed by atoms with Gasteiger partial charge in [-0.15, -0.1) is 0 Å². The van der Waals surface area contributed by atoms with Crippen LogP contribution in [0.3, 0.4) is 0 Å². The Labute approximate surface area is 121 Å². The van der Waals surface area contributed by atoms with Crippen LogP contribution in [0.15, 0.2) is 10.6 Å². The number of carbonyl (C=O) groups excluding carboxylic acids is 1. The molecule has 0 spiro atoms. The smallest absolute Gasteiger partial charge is 0.353 e. The number of ether oxygens (including phenoxy) is 1. The molecule has 2 saturated heterocycles. The summed E-state index contributed by atoms with van der Waals surface area (Å²) in [5, 5.41) is 18.2. The molecule has 7 heteroatoms. The zero-order chi connectivity index (χ0) is 18.1. The number of fused-ring (bicyclic) bond motifs is 1. The molecule has 1 unspecified atom stereocenters. The van der Waals surface area contributed by atoms with Crippen molar-refractivity contribution in [3.05, 3.63) is 10.6 Å². The molecule has 19 heavy (non-hydrogen) atoms. The van der Waals surface area contributed by atoms with Crippen molar-refractivity contribution in [2.45, 2.75) is 37.3 Å². The van der Waals surface area contributed by atoms with Crippen molar-refractivity contribution in [3.8, 4) is 0 Å². The Morgan fingerprint density at radius 2 is 2.58 bits per heavy atom. The Bertz CT molecular complexity index is 644. The van der Waals surface area contributed by atoms with Crippen molar-refractivity contribution in [2.24, 2.45) is 5.89 Å². The van der Waals surface area contributed by atoms with Crippen molar-refractivity contribution >= 4 is 23.6 Å². The summed E-state index contributed by atoms with van der Waals surface area (Å²) >= 11 is 0.809. The monoisotopic (exact) mass is 290 g/mol. The molecule has 3 rings (SSSR count). The maximum Gasteiger partial charge on any atom is 0.353 e. The molecule has 4 atom stereocenters. The highest BCUT2D eigenvalue weighted by atomic mass is 32.2. The Hall–Kier alpha value is -1.05. The predicted molar refractivity (Wildman–Crippen MR) is 67.0 cm³/mol. The van der Waals surface area contributed by atoms with E-state index in [0.29, 0.717) is 19.4 Å². The van der Waals surface area contributed by atoms with Crippen LogP contribution in [0.4, 0.5) is 0 Å². The van der Waals surface area contributed by atoms with E-state index in [2.05, 4.69) is 0 Å². The van der Waals surface area contributed by atoms with Crippen LogP contribution in [0.2, 0.25) is 0 Å². The lowest BCUT2D eigenvalue weighted by Crippen LogP contribution is -2.60. The fourth-order valence-electron chi connectivity index (χ4n) is 2.47. The van der Waals surface area contributed by atoms with Gasteiger partial charge in [0.05, 0.1) is 19.4 Å². The number of aliphatic hydroxyl groups is 1.